The van der Waals surface area contributed by atoms with Gasteiger partial charge in [0.1, 0.15) is 0 Å². The van der Waals surface area contributed by atoms with Crippen molar-refractivity contribution in [2.45, 2.75) is 58.4 Å². The summed E-state index contributed by atoms with van der Waals surface area (Å²) in [6.45, 7) is 9.11. The average Bonchev–Trinajstić information content (AvgIpc) is 2.68. The van der Waals surface area contributed by atoms with Crippen molar-refractivity contribution in [1.82, 2.24) is 4.90 Å². The lowest BCUT2D eigenvalue weighted by atomic mass is 9.76. The van der Waals surface area contributed by atoms with Crippen molar-refractivity contribution >= 4 is 5.57 Å². The van der Waals surface area contributed by atoms with Crippen LogP contribution in [0.4, 0.5) is 0 Å². The second-order valence-electron chi connectivity index (χ2n) is 7.68. The molecule has 1 atom stereocenters. The molecule has 3 rings (SSSR count). The molecular weight excluding hydrogens is 314 g/mol. The lowest BCUT2D eigenvalue weighted by molar-refractivity contribution is 0.238. The molecule has 1 aliphatic carbocycles. The van der Waals surface area contributed by atoms with Crippen molar-refractivity contribution in [3.63, 3.8) is 0 Å². The molecule has 1 nitrogen and oxygen atoms in total. The minimum atomic E-state index is 0.538. The molecule has 0 heterocycles. The zero-order valence-corrected chi connectivity index (χ0v) is 16.6. The Labute approximate surface area is 159 Å². The van der Waals surface area contributed by atoms with E-state index in [1.165, 1.54) is 30.4 Å². The van der Waals surface area contributed by atoms with Crippen molar-refractivity contribution in [2.75, 3.05) is 13.1 Å². The quantitative estimate of drug-likeness (QED) is 0.567. The van der Waals surface area contributed by atoms with E-state index in [4.69, 9.17) is 0 Å². The van der Waals surface area contributed by atoms with Crippen LogP contribution in [-0.2, 0) is 6.42 Å². The summed E-state index contributed by atoms with van der Waals surface area (Å²) < 4.78 is 0. The van der Waals surface area contributed by atoms with Gasteiger partial charge in [0, 0.05) is 18.5 Å². The smallest absolute Gasteiger partial charge is 0.00949 e. The fourth-order valence-electron chi connectivity index (χ4n) is 4.34. The van der Waals surface area contributed by atoms with Crippen molar-refractivity contribution in [1.29, 1.82) is 0 Å². The molecule has 1 unspecified atom stereocenters. The number of benzene rings is 2. The first-order valence-corrected chi connectivity index (χ1v) is 10.3. The summed E-state index contributed by atoms with van der Waals surface area (Å²) in [6, 6.07) is 20.7. The highest BCUT2D eigenvalue weighted by molar-refractivity contribution is 5.72. The second kappa shape index (κ2) is 9.19. The first kappa shape index (κ1) is 18.9. The van der Waals surface area contributed by atoms with Crippen LogP contribution >= 0.6 is 0 Å². The molecule has 0 aromatic heterocycles. The summed E-state index contributed by atoms with van der Waals surface area (Å²) in [4.78, 5) is 2.55. The Balaban J connectivity index is 1.89. The number of fused-ring (bicyclic) bond motifs is 1. The van der Waals surface area contributed by atoms with Gasteiger partial charge in [-0.05, 0) is 68.3 Å². The third-order valence-electron chi connectivity index (χ3n) is 5.77. The normalized spacial score (nSPS) is 17.6. The molecule has 0 saturated heterocycles. The van der Waals surface area contributed by atoms with Crippen LogP contribution in [-0.4, -0.2) is 24.0 Å². The molecule has 0 aliphatic heterocycles. The first-order chi connectivity index (χ1) is 12.7. The molecule has 0 fully saturated rings. The number of hydrogen-bond donors (Lipinski definition) is 0. The molecule has 0 bridgehead atoms. The molecule has 2 aromatic carbocycles. The lowest BCUT2D eigenvalue weighted by Gasteiger charge is -2.29. The SMILES string of the molecule is CCN(CCC=C(c1ccccc1)C1CCCc2ccccc21)C(C)C. The largest absolute Gasteiger partial charge is 0.301 e. The number of hydrogen-bond acceptors (Lipinski definition) is 1. The van der Waals surface area contributed by atoms with Crippen LogP contribution in [0.1, 0.15) is 62.6 Å². The third-order valence-corrected chi connectivity index (χ3v) is 5.77. The molecule has 1 aliphatic rings. The Morgan fingerprint density at radius 3 is 2.54 bits per heavy atom. The standard InChI is InChI=1S/C25H33N/c1-4-26(20(2)3)19-11-18-24(21-12-6-5-7-13-21)25-17-10-15-22-14-8-9-16-23(22)25/h5-9,12-14,16,18,20,25H,4,10-11,15,17,19H2,1-3H3. The predicted octanol–water partition coefficient (Wildman–Crippen LogP) is 6.31. The van der Waals surface area contributed by atoms with Gasteiger partial charge in [-0.3, -0.25) is 0 Å². The second-order valence-corrected chi connectivity index (χ2v) is 7.68. The molecule has 0 radical (unpaired) electrons. The summed E-state index contributed by atoms with van der Waals surface area (Å²) in [7, 11) is 0. The van der Waals surface area contributed by atoms with Gasteiger partial charge < -0.3 is 4.90 Å². The van der Waals surface area contributed by atoms with Crippen LogP contribution in [0, 0.1) is 0 Å². The first-order valence-electron chi connectivity index (χ1n) is 10.3. The molecule has 138 valence electrons. The van der Waals surface area contributed by atoms with Gasteiger partial charge in [0.2, 0.25) is 0 Å². The van der Waals surface area contributed by atoms with E-state index in [-0.39, 0.29) is 0 Å². The van der Waals surface area contributed by atoms with Gasteiger partial charge in [-0.2, -0.15) is 0 Å². The van der Waals surface area contributed by atoms with E-state index in [1.54, 1.807) is 11.1 Å². The van der Waals surface area contributed by atoms with Crippen molar-refractivity contribution in [2.24, 2.45) is 0 Å². The van der Waals surface area contributed by atoms with Crippen LogP contribution in [0.3, 0.4) is 0 Å². The molecule has 0 amide bonds. The van der Waals surface area contributed by atoms with Gasteiger partial charge in [0.25, 0.3) is 0 Å². The zero-order chi connectivity index (χ0) is 18.4. The van der Waals surface area contributed by atoms with Crippen molar-refractivity contribution < 1.29 is 0 Å². The maximum absolute atomic E-state index is 2.55. The Hall–Kier alpha value is -1.86. The van der Waals surface area contributed by atoms with E-state index in [9.17, 15) is 0 Å². The molecule has 0 saturated carbocycles. The van der Waals surface area contributed by atoms with E-state index in [0.717, 1.165) is 19.5 Å². The van der Waals surface area contributed by atoms with Crippen LogP contribution in [0.15, 0.2) is 60.7 Å². The highest BCUT2D eigenvalue weighted by atomic mass is 15.1. The van der Waals surface area contributed by atoms with Crippen LogP contribution < -0.4 is 0 Å². The average molecular weight is 348 g/mol. The summed E-state index contributed by atoms with van der Waals surface area (Å²) in [6.07, 6.45) is 7.42. The summed E-state index contributed by atoms with van der Waals surface area (Å²) >= 11 is 0. The Morgan fingerprint density at radius 1 is 1.08 bits per heavy atom. The van der Waals surface area contributed by atoms with Gasteiger partial charge in [0.15, 0.2) is 0 Å². The minimum Gasteiger partial charge on any atom is -0.301 e. The van der Waals surface area contributed by atoms with Crippen LogP contribution in [0.5, 0.6) is 0 Å². The zero-order valence-electron chi connectivity index (χ0n) is 16.6. The monoisotopic (exact) mass is 347 g/mol. The van der Waals surface area contributed by atoms with Gasteiger partial charge in [-0.25, -0.2) is 0 Å². The van der Waals surface area contributed by atoms with Crippen molar-refractivity contribution in [3.05, 3.63) is 77.4 Å². The molecular formula is C25H33N. The van der Waals surface area contributed by atoms with Gasteiger partial charge >= 0.3 is 0 Å². The summed E-state index contributed by atoms with van der Waals surface area (Å²) in [5, 5.41) is 0. The number of nitrogens with zero attached hydrogens (tertiary/aromatic N) is 1. The van der Waals surface area contributed by atoms with Crippen LogP contribution in [0.25, 0.3) is 5.57 Å². The highest BCUT2D eigenvalue weighted by Gasteiger charge is 2.24. The van der Waals surface area contributed by atoms with E-state index >= 15 is 0 Å². The molecule has 26 heavy (non-hydrogen) atoms. The van der Waals surface area contributed by atoms with Gasteiger partial charge in [-0.15, -0.1) is 0 Å². The van der Waals surface area contributed by atoms with Gasteiger partial charge in [-0.1, -0.05) is 67.6 Å². The highest BCUT2D eigenvalue weighted by Crippen LogP contribution is 2.41. The number of allylic oxidation sites excluding steroid dienone is 1. The van der Waals surface area contributed by atoms with E-state index < -0.39 is 0 Å². The maximum atomic E-state index is 2.55. The topological polar surface area (TPSA) is 3.24 Å². The fraction of sp³-hybridized carbons (Fsp3) is 0.440. The fourth-order valence-corrected chi connectivity index (χ4v) is 4.34. The number of rotatable bonds is 7. The minimum absolute atomic E-state index is 0.538. The van der Waals surface area contributed by atoms with Crippen LogP contribution in [0.2, 0.25) is 0 Å². The number of aryl methyl sites for hydroxylation is 1. The van der Waals surface area contributed by atoms with E-state index in [0.29, 0.717) is 12.0 Å². The molecule has 1 heteroatoms. The predicted molar refractivity (Wildman–Crippen MR) is 114 cm³/mol. The molecule has 2 aromatic rings. The Bertz CT molecular complexity index is 714. The van der Waals surface area contributed by atoms with E-state index in [1.807, 2.05) is 0 Å². The summed E-state index contributed by atoms with van der Waals surface area (Å²) in [5.74, 6) is 0.538. The van der Waals surface area contributed by atoms with Gasteiger partial charge in [0.05, 0.1) is 0 Å². The third kappa shape index (κ3) is 4.45. The molecule has 0 spiro atoms. The van der Waals surface area contributed by atoms with Crippen molar-refractivity contribution in [3.8, 4) is 0 Å². The summed E-state index contributed by atoms with van der Waals surface area (Å²) in [5.41, 5.74) is 6.01. The Kier molecular flexibility index (Phi) is 6.68. The molecule has 0 N–H and O–H groups in total. The lowest BCUT2D eigenvalue weighted by Crippen LogP contribution is -2.31. The maximum Gasteiger partial charge on any atom is 0.00949 e. The Morgan fingerprint density at radius 2 is 1.81 bits per heavy atom. The van der Waals surface area contributed by atoms with E-state index in [2.05, 4.69) is 86.3 Å².